The number of fused-ring (bicyclic) bond motifs is 1. The average molecular weight is 437 g/mol. The van der Waals surface area contributed by atoms with Crippen molar-refractivity contribution in [2.45, 2.75) is 9.37 Å². The van der Waals surface area contributed by atoms with Gasteiger partial charge >= 0.3 is 0 Å². The number of aromatic amines is 1. The van der Waals surface area contributed by atoms with Crippen LogP contribution in [0.1, 0.15) is 15.9 Å². The summed E-state index contributed by atoms with van der Waals surface area (Å²) in [5, 5.41) is 6.82. The van der Waals surface area contributed by atoms with Crippen LogP contribution >= 0.6 is 34.7 Å². The maximum atomic E-state index is 12.8. The van der Waals surface area contributed by atoms with Crippen LogP contribution in [-0.2, 0) is 10.0 Å². The highest BCUT2D eigenvalue weighted by Crippen LogP contribution is 2.33. The predicted octanol–water partition coefficient (Wildman–Crippen LogP) is 3.57. The second-order valence-corrected chi connectivity index (χ2v) is 9.86. The van der Waals surface area contributed by atoms with E-state index >= 15 is 0 Å². The lowest BCUT2D eigenvalue weighted by Gasteiger charge is -2.16. The van der Waals surface area contributed by atoms with E-state index < -0.39 is 10.0 Å². The average Bonchev–Trinajstić information content (AvgIpc) is 3.31. The van der Waals surface area contributed by atoms with Crippen molar-refractivity contribution in [2.75, 3.05) is 0 Å². The van der Waals surface area contributed by atoms with Crippen LogP contribution in [0.5, 0.6) is 0 Å². The molecule has 1 aliphatic rings. The molecule has 27 heavy (non-hydrogen) atoms. The number of rotatable bonds is 4. The van der Waals surface area contributed by atoms with Crippen molar-refractivity contribution in [3.8, 4) is 0 Å². The number of halogens is 1. The molecular weight excluding hydrogens is 428 g/mol. The molecule has 11 heteroatoms. The molecule has 1 aromatic carbocycles. The molecule has 0 fully saturated rings. The summed E-state index contributed by atoms with van der Waals surface area (Å²) in [7, 11) is -3.96. The Bertz CT molecular complexity index is 1200. The summed E-state index contributed by atoms with van der Waals surface area (Å²) in [6.07, 6.45) is 2.77. The van der Waals surface area contributed by atoms with E-state index in [2.05, 4.69) is 19.6 Å². The van der Waals surface area contributed by atoms with Crippen LogP contribution in [0, 0.1) is 0 Å². The number of hydrogen-bond donors (Lipinski definition) is 1. The minimum absolute atomic E-state index is 0.0345. The van der Waals surface area contributed by atoms with Gasteiger partial charge in [-0.2, -0.15) is 17.9 Å². The van der Waals surface area contributed by atoms with Crippen molar-refractivity contribution in [1.29, 1.82) is 0 Å². The summed E-state index contributed by atoms with van der Waals surface area (Å²) in [4.78, 5) is 17.0. The molecule has 3 aromatic rings. The minimum Gasteiger partial charge on any atom is -0.288 e. The number of benzene rings is 1. The lowest BCUT2D eigenvalue weighted by molar-refractivity contribution is 0.104. The molecule has 7 nitrogen and oxygen atoms in total. The van der Waals surface area contributed by atoms with Crippen LogP contribution in [0.15, 0.2) is 67.5 Å². The van der Waals surface area contributed by atoms with Crippen molar-refractivity contribution in [3.63, 3.8) is 0 Å². The fourth-order valence-corrected chi connectivity index (χ4v) is 5.65. The van der Waals surface area contributed by atoms with Crippen LogP contribution < -0.4 is 0 Å². The SMILES string of the molecule is O=C1C(Sc2ncn[nH]2)=C/C(=N\S(=O)(=O)c2ccc(Cl)s2)c2ccccc21. The summed E-state index contributed by atoms with van der Waals surface area (Å²) < 4.78 is 29.6. The molecule has 0 aliphatic heterocycles. The molecule has 0 unspecified atom stereocenters. The van der Waals surface area contributed by atoms with Crippen LogP contribution in [0.25, 0.3) is 0 Å². The van der Waals surface area contributed by atoms with Gasteiger partial charge in [-0.05, 0) is 30.0 Å². The highest BCUT2D eigenvalue weighted by Gasteiger charge is 2.27. The summed E-state index contributed by atoms with van der Waals surface area (Å²) in [5.41, 5.74) is 1.01. The molecule has 4 rings (SSSR count). The minimum atomic E-state index is -3.96. The van der Waals surface area contributed by atoms with Gasteiger partial charge in [-0.1, -0.05) is 35.9 Å². The van der Waals surface area contributed by atoms with Crippen molar-refractivity contribution < 1.29 is 13.2 Å². The molecule has 1 aliphatic carbocycles. The summed E-state index contributed by atoms with van der Waals surface area (Å²) in [5.74, 6) is -0.234. The smallest absolute Gasteiger partial charge is 0.288 e. The highest BCUT2D eigenvalue weighted by molar-refractivity contribution is 8.04. The van der Waals surface area contributed by atoms with Gasteiger partial charge in [-0.25, -0.2) is 4.98 Å². The maximum Gasteiger partial charge on any atom is 0.292 e. The normalized spacial score (nSPS) is 15.7. The highest BCUT2D eigenvalue weighted by atomic mass is 35.5. The molecule has 2 aromatic heterocycles. The zero-order chi connectivity index (χ0) is 19.0. The van der Waals surface area contributed by atoms with E-state index in [0.717, 1.165) is 23.1 Å². The van der Waals surface area contributed by atoms with E-state index in [4.69, 9.17) is 11.6 Å². The monoisotopic (exact) mass is 436 g/mol. The number of nitrogens with zero attached hydrogens (tertiary/aromatic N) is 3. The Kier molecular flexibility index (Phi) is 4.72. The second kappa shape index (κ2) is 7.04. The van der Waals surface area contributed by atoms with Gasteiger partial charge in [0, 0.05) is 11.1 Å². The van der Waals surface area contributed by atoms with Gasteiger partial charge in [-0.3, -0.25) is 9.89 Å². The van der Waals surface area contributed by atoms with E-state index in [-0.39, 0.29) is 15.7 Å². The molecule has 0 spiro atoms. The number of carbonyl (C=O) groups is 1. The molecule has 0 saturated carbocycles. The first kappa shape index (κ1) is 18.1. The van der Waals surface area contributed by atoms with E-state index in [1.807, 2.05) is 0 Å². The number of sulfonamides is 1. The van der Waals surface area contributed by atoms with E-state index in [1.165, 1.54) is 24.5 Å². The molecule has 0 radical (unpaired) electrons. The first-order valence-corrected chi connectivity index (χ1v) is 10.9. The van der Waals surface area contributed by atoms with E-state index in [1.54, 1.807) is 24.3 Å². The van der Waals surface area contributed by atoms with Gasteiger partial charge in [0.2, 0.25) is 5.78 Å². The largest absolute Gasteiger partial charge is 0.292 e. The van der Waals surface area contributed by atoms with Crippen molar-refractivity contribution >= 4 is 56.2 Å². The zero-order valence-corrected chi connectivity index (χ0v) is 16.5. The zero-order valence-electron chi connectivity index (χ0n) is 13.3. The molecule has 1 N–H and O–H groups in total. The molecule has 0 atom stereocenters. The lowest BCUT2D eigenvalue weighted by atomic mass is 9.94. The number of H-pyrrole nitrogens is 1. The van der Waals surface area contributed by atoms with Gasteiger partial charge in [0.05, 0.1) is 15.0 Å². The summed E-state index contributed by atoms with van der Waals surface area (Å²) in [6.45, 7) is 0. The van der Waals surface area contributed by atoms with Gasteiger partial charge in [0.1, 0.15) is 10.5 Å². The number of nitrogens with one attached hydrogen (secondary N) is 1. The Morgan fingerprint density at radius 1 is 1.15 bits per heavy atom. The number of thiophene rings is 1. The third-order valence-corrected chi connectivity index (χ3v) is 7.46. The van der Waals surface area contributed by atoms with Gasteiger partial charge < -0.3 is 0 Å². The Morgan fingerprint density at radius 3 is 2.59 bits per heavy atom. The summed E-state index contributed by atoms with van der Waals surface area (Å²) >= 11 is 7.83. The molecule has 0 bridgehead atoms. The van der Waals surface area contributed by atoms with Crippen molar-refractivity contribution in [3.05, 3.63) is 69.2 Å². The Labute approximate surface area is 167 Å². The van der Waals surface area contributed by atoms with Crippen LogP contribution in [0.4, 0.5) is 0 Å². The lowest BCUT2D eigenvalue weighted by Crippen LogP contribution is -2.17. The van der Waals surface area contributed by atoms with Crippen LogP contribution in [0.3, 0.4) is 0 Å². The molecular formula is C16H9ClN4O3S3. The third-order valence-electron chi connectivity index (χ3n) is 3.56. The molecule has 2 heterocycles. The van der Waals surface area contributed by atoms with Gasteiger partial charge in [0.25, 0.3) is 10.0 Å². The summed E-state index contributed by atoms with van der Waals surface area (Å²) in [6, 6.07) is 9.63. The fraction of sp³-hybridized carbons (Fsp3) is 0. The molecule has 0 saturated heterocycles. The standard InChI is InChI=1S/C16H9ClN4O3S3/c17-13-5-6-14(26-13)27(23,24)21-11-7-12(25-16-18-8-19-20-16)15(22)10-4-2-1-3-9(10)11/h1-8H,(H,18,19,20)/b21-11+. The third kappa shape index (κ3) is 3.61. The van der Waals surface area contributed by atoms with Crippen LogP contribution in [-0.4, -0.2) is 35.1 Å². The Morgan fingerprint density at radius 2 is 1.93 bits per heavy atom. The van der Waals surface area contributed by atoms with Gasteiger partial charge in [-0.15, -0.1) is 11.3 Å². The first-order valence-electron chi connectivity index (χ1n) is 7.43. The number of carbonyl (C=O) groups excluding carboxylic acids is 1. The van der Waals surface area contributed by atoms with E-state index in [0.29, 0.717) is 25.5 Å². The number of hydrogen-bond acceptors (Lipinski definition) is 7. The second-order valence-electron chi connectivity index (χ2n) is 5.29. The van der Waals surface area contributed by atoms with Crippen LogP contribution in [0.2, 0.25) is 4.34 Å². The maximum absolute atomic E-state index is 12.8. The number of aromatic nitrogens is 3. The van der Waals surface area contributed by atoms with Crippen molar-refractivity contribution in [1.82, 2.24) is 15.2 Å². The van der Waals surface area contributed by atoms with Gasteiger partial charge in [0.15, 0.2) is 5.16 Å². The first-order chi connectivity index (χ1) is 12.9. The fourth-order valence-electron chi connectivity index (χ4n) is 2.41. The number of Topliss-reactive ketones (excluding diaryl/α,β-unsaturated/α-hetero) is 1. The Hall–Kier alpha value is -2.27. The number of ketones is 1. The number of thioether (sulfide) groups is 1. The topological polar surface area (TPSA) is 105 Å². The molecule has 136 valence electrons. The Balaban J connectivity index is 1.83. The van der Waals surface area contributed by atoms with E-state index in [9.17, 15) is 13.2 Å². The quantitative estimate of drug-likeness (QED) is 0.670. The predicted molar refractivity (Wildman–Crippen MR) is 104 cm³/mol. The van der Waals surface area contributed by atoms with Crippen molar-refractivity contribution in [2.24, 2.45) is 4.40 Å². The number of allylic oxidation sites excluding steroid dienone is 2. The molecule has 0 amide bonds.